The first-order valence-electron chi connectivity index (χ1n) is 5.53. The van der Waals surface area contributed by atoms with Gasteiger partial charge in [-0.2, -0.15) is 0 Å². The average molecular weight is 576 g/mol. The minimum atomic E-state index is 0. The summed E-state index contributed by atoms with van der Waals surface area (Å²) in [5.41, 5.74) is 3.13. The zero-order valence-corrected chi connectivity index (χ0v) is 24.7. The van der Waals surface area contributed by atoms with Crippen molar-refractivity contribution >= 4 is 8.41 Å². The largest absolute Gasteiger partial charge is 0.358 e. The summed E-state index contributed by atoms with van der Waals surface area (Å²) in [5.74, 6) is 0. The number of rotatable bonds is 0. The molecule has 0 amide bonds. The molecule has 1 aromatic rings. The fraction of sp³-hybridized carbons (Fsp3) is 0.533. The summed E-state index contributed by atoms with van der Waals surface area (Å²) in [5, 5.41) is 0. The maximum Gasteiger partial charge on any atom is 0 e. The standard InChI is InChI=1S/C9H10.2C2H6.CH4.CH3.B.4Y/c1-2-5-9-7-3-6-8(9)4-1;2*1-2;;;;;;;/h1-2,4-5H,3,6-7H2;2*1-2H3;1H4;1H3;;;;;/q;;;;-1;;;;;. The molecule has 2 rings (SSSR count). The van der Waals surface area contributed by atoms with Crippen molar-refractivity contribution in [3.8, 4) is 0 Å². The van der Waals surface area contributed by atoms with Crippen LogP contribution in [-0.2, 0) is 144 Å². The zero-order chi connectivity index (χ0) is 10.1. The van der Waals surface area contributed by atoms with Crippen LogP contribution in [0.15, 0.2) is 24.3 Å². The summed E-state index contributed by atoms with van der Waals surface area (Å²) < 4.78 is 0. The van der Waals surface area contributed by atoms with Gasteiger partial charge in [0.25, 0.3) is 0 Å². The topological polar surface area (TPSA) is 0 Å². The van der Waals surface area contributed by atoms with Crippen molar-refractivity contribution in [2.45, 2.75) is 54.4 Å². The van der Waals surface area contributed by atoms with Gasteiger partial charge in [0.2, 0.25) is 0 Å². The van der Waals surface area contributed by atoms with E-state index in [-0.39, 0.29) is 154 Å². The third-order valence-electron chi connectivity index (χ3n) is 2.01. The van der Waals surface area contributed by atoms with Crippen molar-refractivity contribution in [3.63, 3.8) is 0 Å². The predicted octanol–water partition coefficient (Wildman–Crippen LogP) is 4.92. The molecule has 5 heteroatoms. The molecule has 1 aliphatic carbocycles. The Morgan fingerprint density at radius 1 is 0.700 bits per heavy atom. The van der Waals surface area contributed by atoms with Crippen molar-refractivity contribution in [2.75, 3.05) is 0 Å². The smallest absolute Gasteiger partial charge is 0 e. The van der Waals surface area contributed by atoms with E-state index in [1.807, 2.05) is 27.7 Å². The molecule has 0 fully saturated rings. The van der Waals surface area contributed by atoms with Crippen molar-refractivity contribution in [3.05, 3.63) is 42.8 Å². The Labute approximate surface area is 232 Å². The molecule has 0 spiro atoms. The van der Waals surface area contributed by atoms with Crippen LogP contribution in [0.25, 0.3) is 0 Å². The van der Waals surface area contributed by atoms with Gasteiger partial charge in [-0.3, -0.25) is 0 Å². The number of hydrogen-bond acceptors (Lipinski definition) is 0. The second kappa shape index (κ2) is 38.3. The molecule has 0 bridgehead atoms. The zero-order valence-electron chi connectivity index (χ0n) is 13.3. The molecule has 105 valence electrons. The van der Waals surface area contributed by atoms with Gasteiger partial charge in [-0.1, -0.05) is 59.4 Å². The molecule has 0 aliphatic heterocycles. The first-order valence-corrected chi connectivity index (χ1v) is 5.53. The van der Waals surface area contributed by atoms with Gasteiger partial charge in [0.1, 0.15) is 0 Å². The van der Waals surface area contributed by atoms with Crippen LogP contribution < -0.4 is 0 Å². The van der Waals surface area contributed by atoms with E-state index in [9.17, 15) is 0 Å². The SMILES string of the molecule is C.CC.CC.[B].[CH3-].[Y].[Y].[Y].[Y].c1ccc2c(c1)CCC2. The number of aryl methyl sites for hydroxylation is 2. The Morgan fingerprint density at radius 2 is 0.950 bits per heavy atom. The third kappa shape index (κ3) is 21.7. The van der Waals surface area contributed by atoms with Gasteiger partial charge in [-0.15, -0.1) is 0 Å². The summed E-state index contributed by atoms with van der Waals surface area (Å²) in [4.78, 5) is 0. The molecular formula is C15H29BY4-. The second-order valence-corrected chi connectivity index (χ2v) is 2.62. The molecule has 20 heavy (non-hydrogen) atoms. The van der Waals surface area contributed by atoms with Crippen LogP contribution >= 0.6 is 0 Å². The molecule has 0 atom stereocenters. The van der Waals surface area contributed by atoms with Crippen LogP contribution in [-0.4, -0.2) is 8.41 Å². The Hall–Kier alpha value is 3.70. The Kier molecular flexibility index (Phi) is 94.9. The fourth-order valence-corrected chi connectivity index (χ4v) is 1.51. The third-order valence-corrected chi connectivity index (χ3v) is 2.01. The molecule has 0 saturated heterocycles. The second-order valence-electron chi connectivity index (χ2n) is 2.62. The van der Waals surface area contributed by atoms with Crippen LogP contribution in [0.2, 0.25) is 0 Å². The predicted molar refractivity (Wildman–Crippen MR) is 80.1 cm³/mol. The van der Waals surface area contributed by atoms with Gasteiger partial charge in [-0.25, -0.2) is 0 Å². The van der Waals surface area contributed by atoms with Crippen LogP contribution in [0.3, 0.4) is 0 Å². The van der Waals surface area contributed by atoms with Gasteiger partial charge in [0.05, 0.1) is 0 Å². The molecule has 0 saturated carbocycles. The van der Waals surface area contributed by atoms with Crippen molar-refractivity contribution in [1.82, 2.24) is 0 Å². The minimum absolute atomic E-state index is 0. The Morgan fingerprint density at radius 3 is 1.20 bits per heavy atom. The first kappa shape index (κ1) is 49.5. The molecule has 0 heterocycles. The van der Waals surface area contributed by atoms with Crippen molar-refractivity contribution < 1.29 is 131 Å². The van der Waals surface area contributed by atoms with Crippen molar-refractivity contribution in [1.29, 1.82) is 0 Å². The Bertz CT molecular complexity index is 210. The first-order chi connectivity index (χ1) is 6.47. The van der Waals surface area contributed by atoms with Gasteiger partial charge < -0.3 is 7.43 Å². The summed E-state index contributed by atoms with van der Waals surface area (Å²) in [6.07, 6.45) is 3.96. The molecule has 0 unspecified atom stereocenters. The minimum Gasteiger partial charge on any atom is -0.358 e. The molecule has 1 aliphatic rings. The molecule has 1 aromatic carbocycles. The average Bonchev–Trinajstić information content (AvgIpc) is 2.71. The molecule has 7 radical (unpaired) electrons. The van der Waals surface area contributed by atoms with E-state index >= 15 is 0 Å². The fourth-order valence-electron chi connectivity index (χ4n) is 1.51. The number of benzene rings is 1. The number of fused-ring (bicyclic) bond motifs is 1. The number of hydrogen-bond donors (Lipinski definition) is 0. The normalized spacial score (nSPS) is 7.60. The summed E-state index contributed by atoms with van der Waals surface area (Å²) in [6.45, 7) is 8.00. The molecular weight excluding hydrogens is 547 g/mol. The summed E-state index contributed by atoms with van der Waals surface area (Å²) >= 11 is 0. The molecule has 0 nitrogen and oxygen atoms in total. The van der Waals surface area contributed by atoms with E-state index < -0.39 is 0 Å². The monoisotopic (exact) mass is 576 g/mol. The maximum absolute atomic E-state index is 2.24. The van der Waals surface area contributed by atoms with Gasteiger partial charge in [0, 0.05) is 139 Å². The summed E-state index contributed by atoms with van der Waals surface area (Å²) in [6, 6.07) is 8.74. The van der Waals surface area contributed by atoms with E-state index in [4.69, 9.17) is 0 Å². The van der Waals surface area contributed by atoms with Crippen LogP contribution in [0, 0.1) is 7.43 Å². The van der Waals surface area contributed by atoms with Gasteiger partial charge in [0.15, 0.2) is 0 Å². The van der Waals surface area contributed by atoms with Gasteiger partial charge >= 0.3 is 0 Å². The van der Waals surface area contributed by atoms with Crippen molar-refractivity contribution in [2.24, 2.45) is 0 Å². The van der Waals surface area contributed by atoms with Gasteiger partial charge in [-0.05, 0) is 30.4 Å². The van der Waals surface area contributed by atoms with Crippen LogP contribution in [0.5, 0.6) is 0 Å². The molecule has 0 aromatic heterocycles. The van der Waals surface area contributed by atoms with E-state index in [1.165, 1.54) is 19.3 Å². The van der Waals surface area contributed by atoms with E-state index in [2.05, 4.69) is 24.3 Å². The van der Waals surface area contributed by atoms with E-state index in [0.29, 0.717) is 0 Å². The van der Waals surface area contributed by atoms with Crippen LogP contribution in [0.4, 0.5) is 0 Å². The van der Waals surface area contributed by atoms with E-state index in [1.54, 1.807) is 11.1 Å². The molecule has 0 N–H and O–H groups in total. The quantitative estimate of drug-likeness (QED) is 0.304. The van der Waals surface area contributed by atoms with Crippen LogP contribution in [0.1, 0.15) is 52.7 Å². The Balaban J connectivity index is -0.0000000204. The van der Waals surface area contributed by atoms with E-state index in [0.717, 1.165) is 0 Å². The summed E-state index contributed by atoms with van der Waals surface area (Å²) in [7, 11) is 0. The maximum atomic E-state index is 2.24.